The number of rotatable bonds is 5. The van der Waals surface area contributed by atoms with Crippen LogP contribution in [0.1, 0.15) is 16.6 Å². The smallest absolute Gasteiger partial charge is 0.380 e. The third kappa shape index (κ3) is 3.29. The number of Topliss-reactive ketones (excluding diaryl/α,β-unsaturated/α-hetero) is 1. The molecule has 3 nitrogen and oxygen atoms in total. The summed E-state index contributed by atoms with van der Waals surface area (Å²) in [6.07, 6.45) is 0. The minimum absolute atomic E-state index is 0.188. The summed E-state index contributed by atoms with van der Waals surface area (Å²) in [6, 6.07) is 21.5. The van der Waals surface area contributed by atoms with E-state index in [2.05, 4.69) is 0 Å². The molecule has 4 heteroatoms. The van der Waals surface area contributed by atoms with Crippen LogP contribution in [0.5, 0.6) is 0 Å². The van der Waals surface area contributed by atoms with Crippen molar-refractivity contribution in [3.8, 4) is 21.6 Å². The van der Waals surface area contributed by atoms with E-state index in [4.69, 9.17) is 4.74 Å². The Morgan fingerprint density at radius 2 is 1.50 bits per heavy atom. The Morgan fingerprint density at radius 1 is 0.917 bits per heavy atom. The van der Waals surface area contributed by atoms with Crippen molar-refractivity contribution < 1.29 is 14.3 Å². The topological polar surface area (TPSA) is 43.4 Å². The zero-order chi connectivity index (χ0) is 16.9. The minimum Gasteiger partial charge on any atom is -0.460 e. The van der Waals surface area contributed by atoms with E-state index in [0.29, 0.717) is 4.88 Å². The molecule has 0 aliphatic carbocycles. The first-order valence-electron chi connectivity index (χ1n) is 7.67. The Kier molecular flexibility index (Phi) is 4.87. The number of esters is 1. The highest BCUT2D eigenvalue weighted by atomic mass is 32.1. The number of carbonyl (C=O) groups is 2. The van der Waals surface area contributed by atoms with Gasteiger partial charge in [-0.15, -0.1) is 11.3 Å². The Hall–Kier alpha value is -2.72. The van der Waals surface area contributed by atoms with Crippen LogP contribution in [0.4, 0.5) is 0 Å². The van der Waals surface area contributed by atoms with Crippen LogP contribution in [0.2, 0.25) is 0 Å². The zero-order valence-corrected chi connectivity index (χ0v) is 14.0. The average Bonchev–Trinajstić information content (AvgIpc) is 3.08. The fourth-order valence-corrected chi connectivity index (χ4v) is 3.55. The van der Waals surface area contributed by atoms with Gasteiger partial charge >= 0.3 is 5.97 Å². The molecular weight excluding hydrogens is 320 g/mol. The highest BCUT2D eigenvalue weighted by molar-refractivity contribution is 7.18. The molecule has 24 heavy (non-hydrogen) atoms. The first-order valence-corrected chi connectivity index (χ1v) is 8.48. The second-order valence-corrected chi connectivity index (χ2v) is 6.19. The summed E-state index contributed by atoms with van der Waals surface area (Å²) < 4.78 is 4.84. The predicted octanol–water partition coefficient (Wildman–Crippen LogP) is 4.83. The van der Waals surface area contributed by atoms with Gasteiger partial charge in [0.1, 0.15) is 0 Å². The van der Waals surface area contributed by atoms with E-state index in [1.165, 1.54) is 11.3 Å². The van der Waals surface area contributed by atoms with Crippen molar-refractivity contribution in [2.45, 2.75) is 6.92 Å². The van der Waals surface area contributed by atoms with E-state index in [0.717, 1.165) is 21.6 Å². The highest BCUT2D eigenvalue weighted by Gasteiger charge is 2.23. The van der Waals surface area contributed by atoms with Gasteiger partial charge < -0.3 is 4.74 Å². The molecule has 0 saturated heterocycles. The largest absolute Gasteiger partial charge is 0.460 e. The number of ether oxygens (including phenoxy) is 1. The van der Waals surface area contributed by atoms with E-state index in [1.54, 1.807) is 13.0 Å². The molecule has 0 saturated carbocycles. The van der Waals surface area contributed by atoms with Gasteiger partial charge in [-0.3, -0.25) is 4.79 Å². The third-order valence-corrected chi connectivity index (χ3v) is 4.72. The first kappa shape index (κ1) is 16.1. The van der Waals surface area contributed by atoms with E-state index in [1.807, 2.05) is 60.7 Å². The average molecular weight is 336 g/mol. The molecule has 0 atom stereocenters. The molecule has 0 N–H and O–H groups in total. The van der Waals surface area contributed by atoms with Crippen LogP contribution in [0, 0.1) is 0 Å². The SMILES string of the molecule is CCOC(=O)C(=O)c1cc(-c2ccccc2)c(-c2ccccc2)s1. The van der Waals surface area contributed by atoms with Crippen molar-refractivity contribution in [2.75, 3.05) is 6.61 Å². The summed E-state index contributed by atoms with van der Waals surface area (Å²) in [6.45, 7) is 1.87. The third-order valence-electron chi connectivity index (χ3n) is 3.54. The molecule has 0 radical (unpaired) electrons. The Bertz CT molecular complexity index is 794. The van der Waals surface area contributed by atoms with Crippen LogP contribution in [-0.2, 0) is 9.53 Å². The number of thiophene rings is 1. The standard InChI is InChI=1S/C20H16O3S/c1-2-23-20(22)18(21)17-13-16(14-9-5-3-6-10-14)19(24-17)15-11-7-4-8-12-15/h3-13H,2H2,1H3. The maximum atomic E-state index is 12.3. The molecule has 0 aliphatic heterocycles. The van der Waals surface area contributed by atoms with E-state index < -0.39 is 11.8 Å². The van der Waals surface area contributed by atoms with Gasteiger partial charge in [0.15, 0.2) is 0 Å². The summed E-state index contributed by atoms with van der Waals surface area (Å²) in [5.41, 5.74) is 2.97. The zero-order valence-electron chi connectivity index (χ0n) is 13.2. The quantitative estimate of drug-likeness (QED) is 0.381. The molecule has 0 bridgehead atoms. The van der Waals surface area contributed by atoms with Gasteiger partial charge in [-0.05, 0) is 24.1 Å². The molecule has 0 spiro atoms. The molecular formula is C20H16O3S. The number of hydrogen-bond donors (Lipinski definition) is 0. The molecule has 0 unspecified atom stereocenters. The fraction of sp³-hybridized carbons (Fsp3) is 0.100. The summed E-state index contributed by atoms with van der Waals surface area (Å²) in [5, 5.41) is 0. The van der Waals surface area contributed by atoms with Crippen molar-refractivity contribution in [2.24, 2.45) is 0 Å². The Labute approximate surface area is 144 Å². The van der Waals surface area contributed by atoms with E-state index in [-0.39, 0.29) is 6.61 Å². The number of ketones is 1. The molecule has 1 aromatic heterocycles. The number of benzene rings is 2. The summed E-state index contributed by atoms with van der Waals surface area (Å²) in [4.78, 5) is 25.4. The van der Waals surface area contributed by atoms with Crippen molar-refractivity contribution in [1.29, 1.82) is 0 Å². The molecule has 0 aliphatic rings. The van der Waals surface area contributed by atoms with Crippen molar-refractivity contribution in [3.05, 3.63) is 71.6 Å². The maximum absolute atomic E-state index is 12.3. The molecule has 3 rings (SSSR count). The normalized spacial score (nSPS) is 10.4. The van der Waals surface area contributed by atoms with Crippen molar-refractivity contribution >= 4 is 23.1 Å². The molecule has 0 fully saturated rings. The molecule has 2 aromatic carbocycles. The highest BCUT2D eigenvalue weighted by Crippen LogP contribution is 2.39. The monoisotopic (exact) mass is 336 g/mol. The van der Waals surface area contributed by atoms with Crippen molar-refractivity contribution in [3.63, 3.8) is 0 Å². The number of hydrogen-bond acceptors (Lipinski definition) is 4. The summed E-state index contributed by atoms with van der Waals surface area (Å²) in [5.74, 6) is -1.40. The summed E-state index contributed by atoms with van der Waals surface area (Å²) >= 11 is 1.32. The predicted molar refractivity (Wildman–Crippen MR) is 96.2 cm³/mol. The second-order valence-electron chi connectivity index (χ2n) is 5.14. The lowest BCUT2D eigenvalue weighted by Crippen LogP contribution is -2.16. The second kappa shape index (κ2) is 7.23. The van der Waals surface area contributed by atoms with Crippen molar-refractivity contribution in [1.82, 2.24) is 0 Å². The van der Waals surface area contributed by atoms with Crippen LogP contribution in [0.25, 0.3) is 21.6 Å². The van der Waals surface area contributed by atoms with E-state index >= 15 is 0 Å². The minimum atomic E-state index is -0.807. The van der Waals surface area contributed by atoms with Gasteiger partial charge in [0.05, 0.1) is 11.5 Å². The van der Waals surface area contributed by atoms with Crippen LogP contribution in [0.3, 0.4) is 0 Å². The lowest BCUT2D eigenvalue weighted by atomic mass is 10.0. The molecule has 1 heterocycles. The molecule has 0 amide bonds. The van der Waals surface area contributed by atoms with E-state index in [9.17, 15) is 9.59 Å². The Morgan fingerprint density at radius 3 is 2.08 bits per heavy atom. The van der Waals surface area contributed by atoms with Crippen LogP contribution >= 0.6 is 11.3 Å². The van der Waals surface area contributed by atoms with Gasteiger partial charge in [0.25, 0.3) is 5.78 Å². The number of carbonyl (C=O) groups excluding carboxylic acids is 2. The Balaban J connectivity index is 2.10. The lowest BCUT2D eigenvalue weighted by Gasteiger charge is -2.03. The van der Waals surface area contributed by atoms with Crippen LogP contribution in [0.15, 0.2) is 66.7 Å². The van der Waals surface area contributed by atoms with Crippen LogP contribution in [-0.4, -0.2) is 18.4 Å². The van der Waals surface area contributed by atoms with Crippen LogP contribution < -0.4 is 0 Å². The van der Waals surface area contributed by atoms with Gasteiger partial charge in [0.2, 0.25) is 0 Å². The van der Waals surface area contributed by atoms with Gasteiger partial charge in [-0.1, -0.05) is 60.7 Å². The molecule has 3 aromatic rings. The van der Waals surface area contributed by atoms with Gasteiger partial charge in [0, 0.05) is 10.4 Å². The summed E-state index contributed by atoms with van der Waals surface area (Å²) in [7, 11) is 0. The van der Waals surface area contributed by atoms with Gasteiger partial charge in [-0.2, -0.15) is 0 Å². The molecule has 120 valence electrons. The lowest BCUT2D eigenvalue weighted by molar-refractivity contribution is -0.137. The fourth-order valence-electron chi connectivity index (χ4n) is 2.44. The maximum Gasteiger partial charge on any atom is 0.380 e. The first-order chi connectivity index (χ1) is 11.7. The van der Waals surface area contributed by atoms with Gasteiger partial charge in [-0.25, -0.2) is 4.79 Å².